The number of nitrogens with one attached hydrogen (secondary N) is 2. The molecule has 8 heteroatoms. The summed E-state index contributed by atoms with van der Waals surface area (Å²) >= 11 is 0. The fourth-order valence-electron chi connectivity index (χ4n) is 2.73. The van der Waals surface area contributed by atoms with Crippen LogP contribution in [0.1, 0.15) is 16.8 Å². The lowest BCUT2D eigenvalue weighted by Gasteiger charge is -2.02. The molecule has 0 saturated carbocycles. The minimum atomic E-state index is -0.0412. The summed E-state index contributed by atoms with van der Waals surface area (Å²) in [4.78, 5) is 15.7. The zero-order valence-corrected chi connectivity index (χ0v) is 15.9. The van der Waals surface area contributed by atoms with Crippen LogP contribution in [-0.4, -0.2) is 32.8 Å². The van der Waals surface area contributed by atoms with Crippen LogP contribution >= 0.6 is 24.8 Å². The molecular weight excluding hydrogens is 385 g/mol. The number of aromatic nitrogens is 3. The Kier molecular flexibility index (Phi) is 6.98. The van der Waals surface area contributed by atoms with E-state index in [2.05, 4.69) is 37.4 Å². The van der Waals surface area contributed by atoms with Gasteiger partial charge in [-0.2, -0.15) is 4.98 Å². The molecule has 2 aromatic heterocycles. The monoisotopic (exact) mass is 403 g/mol. The lowest BCUT2D eigenvalue weighted by atomic mass is 10.1. The number of aromatic amines is 1. The third-order valence-corrected chi connectivity index (χ3v) is 3.98. The highest BCUT2D eigenvalue weighted by molar-refractivity contribution is 6.20. The molecule has 3 heterocycles. The maximum atomic E-state index is 10.1. The van der Waals surface area contributed by atoms with Gasteiger partial charge in [0.2, 0.25) is 11.8 Å². The lowest BCUT2D eigenvalue weighted by Crippen LogP contribution is -2.05. The van der Waals surface area contributed by atoms with Crippen molar-refractivity contribution in [2.75, 3.05) is 11.9 Å². The molecule has 0 bridgehead atoms. The van der Waals surface area contributed by atoms with Crippen molar-refractivity contribution in [1.29, 1.82) is 0 Å². The van der Waals surface area contributed by atoms with Gasteiger partial charge in [-0.25, -0.2) is 9.98 Å². The topological polar surface area (TPSA) is 86.2 Å². The summed E-state index contributed by atoms with van der Waals surface area (Å²) in [6, 6.07) is 14.0. The summed E-state index contributed by atoms with van der Waals surface area (Å²) in [5.74, 6) is 1.19. The number of benzene rings is 1. The lowest BCUT2D eigenvalue weighted by molar-refractivity contribution is 0.455. The molecule has 0 atom stereocenters. The number of hydrogen-bond donors (Lipinski definition) is 3. The van der Waals surface area contributed by atoms with Crippen LogP contribution in [0.15, 0.2) is 53.7 Å². The van der Waals surface area contributed by atoms with Crippen LogP contribution < -0.4 is 5.32 Å². The molecule has 3 aromatic rings. The molecule has 1 aliphatic rings. The normalized spacial score (nSPS) is 13.0. The Hall–Kier alpha value is -2.83. The maximum absolute atomic E-state index is 10.1. The Labute approximate surface area is 169 Å². The molecule has 3 N–H and O–H groups in total. The molecule has 1 aromatic carbocycles. The van der Waals surface area contributed by atoms with Crippen molar-refractivity contribution in [1.82, 2.24) is 15.0 Å². The van der Waals surface area contributed by atoms with Crippen molar-refractivity contribution in [3.05, 3.63) is 65.5 Å². The van der Waals surface area contributed by atoms with Crippen molar-refractivity contribution in [2.45, 2.75) is 6.42 Å². The molecule has 0 fully saturated rings. The number of rotatable bonds is 5. The van der Waals surface area contributed by atoms with Gasteiger partial charge in [0, 0.05) is 30.1 Å². The van der Waals surface area contributed by atoms with Crippen molar-refractivity contribution in [3.8, 4) is 5.88 Å². The van der Waals surface area contributed by atoms with E-state index in [1.165, 1.54) is 5.56 Å². The van der Waals surface area contributed by atoms with E-state index in [9.17, 15) is 5.11 Å². The van der Waals surface area contributed by atoms with Gasteiger partial charge in [-0.3, -0.25) is 0 Å². The smallest absolute Gasteiger partial charge is 0.238 e. The van der Waals surface area contributed by atoms with Gasteiger partial charge in [0.1, 0.15) is 5.69 Å². The number of anilines is 1. The van der Waals surface area contributed by atoms with Gasteiger partial charge in [-0.05, 0) is 30.2 Å². The van der Waals surface area contributed by atoms with Crippen molar-refractivity contribution in [3.63, 3.8) is 0 Å². The average Bonchev–Trinajstić information content (AvgIpc) is 3.20. The zero-order chi connectivity index (χ0) is 17.1. The quantitative estimate of drug-likeness (QED) is 0.593. The third kappa shape index (κ3) is 4.67. The van der Waals surface area contributed by atoms with E-state index in [1.807, 2.05) is 36.4 Å². The molecule has 4 rings (SSSR count). The first-order valence-corrected chi connectivity index (χ1v) is 8.07. The second-order valence-corrected chi connectivity index (χ2v) is 5.72. The highest BCUT2D eigenvalue weighted by Gasteiger charge is 2.14. The number of nitrogens with zero attached hydrogens (tertiary/aromatic N) is 3. The minimum Gasteiger partial charge on any atom is -0.492 e. The zero-order valence-electron chi connectivity index (χ0n) is 14.3. The highest BCUT2D eigenvalue weighted by Crippen LogP contribution is 2.31. The molecule has 0 amide bonds. The van der Waals surface area contributed by atoms with Gasteiger partial charge in [0.05, 0.1) is 0 Å². The van der Waals surface area contributed by atoms with E-state index in [4.69, 9.17) is 0 Å². The van der Waals surface area contributed by atoms with Crippen LogP contribution in [0.5, 0.6) is 5.88 Å². The fourth-order valence-corrected chi connectivity index (χ4v) is 2.73. The second kappa shape index (κ2) is 9.21. The SMILES string of the molecule is Cl.Cl.Oc1nc(NCCc2ccccc2)[nH]c1/C=C1\C=Nc2ncccc21. The van der Waals surface area contributed by atoms with Gasteiger partial charge in [-0.1, -0.05) is 30.3 Å². The molecule has 0 radical (unpaired) electrons. The number of imidazole rings is 1. The number of halogens is 2. The van der Waals surface area contributed by atoms with Crippen molar-refractivity contribution in [2.24, 2.45) is 4.99 Å². The standard InChI is InChI=1S/C19H17N5O.2ClH/c25-18-16(11-14-12-22-17-15(14)7-4-9-20-17)23-19(24-18)21-10-8-13-5-2-1-3-6-13;;/h1-7,9,11-12,25H,8,10H2,(H2,21,23,24);2*1H/b14-11+;;. The number of aliphatic imine (C=N–C) groups is 1. The van der Waals surface area contributed by atoms with Crippen molar-refractivity contribution >= 4 is 54.4 Å². The Morgan fingerprint density at radius 3 is 2.70 bits per heavy atom. The number of pyridine rings is 1. The average molecular weight is 404 g/mol. The summed E-state index contributed by atoms with van der Waals surface area (Å²) in [6.45, 7) is 0.723. The van der Waals surface area contributed by atoms with Gasteiger partial charge in [0.15, 0.2) is 5.82 Å². The van der Waals surface area contributed by atoms with Crippen LogP contribution in [0.3, 0.4) is 0 Å². The second-order valence-electron chi connectivity index (χ2n) is 5.72. The molecule has 1 aliphatic heterocycles. The summed E-state index contributed by atoms with van der Waals surface area (Å²) in [5.41, 5.74) is 3.62. The van der Waals surface area contributed by atoms with E-state index in [-0.39, 0.29) is 30.7 Å². The van der Waals surface area contributed by atoms with Crippen molar-refractivity contribution < 1.29 is 5.11 Å². The Morgan fingerprint density at radius 2 is 1.89 bits per heavy atom. The fraction of sp³-hybridized carbons (Fsp3) is 0.105. The van der Waals surface area contributed by atoms with Gasteiger partial charge >= 0.3 is 0 Å². The first-order chi connectivity index (χ1) is 12.3. The highest BCUT2D eigenvalue weighted by atomic mass is 35.5. The summed E-state index contributed by atoms with van der Waals surface area (Å²) < 4.78 is 0. The molecule has 6 nitrogen and oxygen atoms in total. The molecule has 0 saturated heterocycles. The summed E-state index contributed by atoms with van der Waals surface area (Å²) in [5, 5.41) is 13.3. The number of hydrogen-bond acceptors (Lipinski definition) is 5. The Morgan fingerprint density at radius 1 is 1.07 bits per heavy atom. The summed E-state index contributed by atoms with van der Waals surface area (Å²) in [7, 11) is 0. The Balaban J connectivity index is 0.00000131. The van der Waals surface area contributed by atoms with Crippen LogP contribution in [0.25, 0.3) is 11.6 Å². The van der Waals surface area contributed by atoms with Gasteiger partial charge < -0.3 is 15.4 Å². The van der Waals surface area contributed by atoms with Crippen LogP contribution in [0.4, 0.5) is 11.8 Å². The molecule has 0 aliphatic carbocycles. The molecule has 0 unspecified atom stereocenters. The third-order valence-electron chi connectivity index (χ3n) is 3.98. The van der Waals surface area contributed by atoms with Crippen LogP contribution in [0.2, 0.25) is 0 Å². The predicted octanol–water partition coefficient (Wildman–Crippen LogP) is 4.27. The summed E-state index contributed by atoms with van der Waals surface area (Å²) in [6.07, 6.45) is 6.15. The first-order valence-electron chi connectivity index (χ1n) is 8.07. The minimum absolute atomic E-state index is 0. The van der Waals surface area contributed by atoms with E-state index in [0.717, 1.165) is 24.1 Å². The van der Waals surface area contributed by atoms with Gasteiger partial charge in [-0.15, -0.1) is 24.8 Å². The van der Waals surface area contributed by atoms with Crippen LogP contribution in [-0.2, 0) is 6.42 Å². The number of allylic oxidation sites excluding steroid dienone is 1. The van der Waals surface area contributed by atoms with E-state index < -0.39 is 0 Å². The van der Waals surface area contributed by atoms with E-state index >= 15 is 0 Å². The largest absolute Gasteiger partial charge is 0.492 e. The van der Waals surface area contributed by atoms with E-state index in [0.29, 0.717) is 17.5 Å². The molecular formula is C19H19Cl2N5O. The number of H-pyrrole nitrogens is 1. The molecule has 0 spiro atoms. The van der Waals surface area contributed by atoms with Crippen LogP contribution in [0, 0.1) is 0 Å². The van der Waals surface area contributed by atoms with Gasteiger partial charge in [0.25, 0.3) is 0 Å². The maximum Gasteiger partial charge on any atom is 0.238 e. The first kappa shape index (κ1) is 20.5. The Bertz CT molecular complexity index is 954. The number of aromatic hydroxyl groups is 1. The number of fused-ring (bicyclic) bond motifs is 1. The molecule has 140 valence electrons. The predicted molar refractivity (Wildman–Crippen MR) is 114 cm³/mol. The molecule has 27 heavy (non-hydrogen) atoms. The van der Waals surface area contributed by atoms with E-state index in [1.54, 1.807) is 12.4 Å².